The highest BCUT2D eigenvalue weighted by Gasteiger charge is 2.07. The van der Waals surface area contributed by atoms with E-state index in [9.17, 15) is 0 Å². The summed E-state index contributed by atoms with van der Waals surface area (Å²) < 4.78 is 5.33. The lowest BCUT2D eigenvalue weighted by Crippen LogP contribution is -2.16. The summed E-state index contributed by atoms with van der Waals surface area (Å²) in [6, 6.07) is 11.1. The monoisotopic (exact) mass is 221 g/mol. The van der Waals surface area contributed by atoms with Crippen molar-refractivity contribution in [1.29, 1.82) is 0 Å². The minimum atomic E-state index is 0.475. The van der Waals surface area contributed by atoms with Crippen molar-refractivity contribution in [3.63, 3.8) is 0 Å². The Morgan fingerprint density at radius 2 is 1.94 bits per heavy atom. The first-order valence-corrected chi connectivity index (χ1v) is 6.18. The smallest absolute Gasteiger partial charge is 0.0465 e. The highest BCUT2D eigenvalue weighted by Crippen LogP contribution is 2.18. The van der Waals surface area contributed by atoms with Crippen molar-refractivity contribution in [3.05, 3.63) is 35.9 Å². The summed E-state index contributed by atoms with van der Waals surface area (Å²) >= 11 is 0. The van der Waals surface area contributed by atoms with Gasteiger partial charge in [0, 0.05) is 19.3 Å². The maximum absolute atomic E-state index is 5.33. The third-order valence-electron chi connectivity index (χ3n) is 2.79. The van der Waals surface area contributed by atoms with Crippen LogP contribution in [-0.2, 0) is 4.74 Å². The molecule has 1 unspecified atom stereocenters. The van der Waals surface area contributed by atoms with Crippen molar-refractivity contribution in [2.75, 3.05) is 20.3 Å². The van der Waals surface area contributed by atoms with Crippen LogP contribution in [0.15, 0.2) is 30.3 Å². The van der Waals surface area contributed by atoms with Gasteiger partial charge < -0.3 is 10.1 Å². The van der Waals surface area contributed by atoms with Gasteiger partial charge in [0.05, 0.1) is 0 Å². The zero-order valence-electron chi connectivity index (χ0n) is 10.4. The number of hydrogen-bond donors (Lipinski definition) is 1. The molecule has 1 aromatic carbocycles. The molecule has 90 valence electrons. The van der Waals surface area contributed by atoms with Gasteiger partial charge in [-0.2, -0.15) is 0 Å². The fraction of sp³-hybridized carbons (Fsp3) is 0.571. The molecule has 0 aromatic heterocycles. The Labute approximate surface area is 99.0 Å². The molecule has 0 amide bonds. The lowest BCUT2D eigenvalue weighted by atomic mass is 10.0. The second-order valence-electron chi connectivity index (χ2n) is 3.94. The third-order valence-corrected chi connectivity index (χ3v) is 2.79. The summed E-state index contributed by atoms with van der Waals surface area (Å²) in [5.74, 6) is 0. The number of ether oxygens (including phenoxy) is 1. The summed E-state index contributed by atoms with van der Waals surface area (Å²) in [7, 11) is 2.03. The van der Waals surface area contributed by atoms with E-state index < -0.39 is 0 Å². The lowest BCUT2D eigenvalue weighted by molar-refractivity contribution is 0.142. The van der Waals surface area contributed by atoms with Gasteiger partial charge in [-0.15, -0.1) is 0 Å². The van der Waals surface area contributed by atoms with Crippen LogP contribution >= 0.6 is 0 Å². The molecule has 16 heavy (non-hydrogen) atoms. The maximum Gasteiger partial charge on any atom is 0.0465 e. The van der Waals surface area contributed by atoms with Crippen LogP contribution < -0.4 is 5.32 Å². The van der Waals surface area contributed by atoms with Gasteiger partial charge in [0.1, 0.15) is 0 Å². The van der Waals surface area contributed by atoms with Gasteiger partial charge in [-0.05, 0) is 38.8 Å². The Morgan fingerprint density at radius 1 is 1.19 bits per heavy atom. The summed E-state index contributed by atoms with van der Waals surface area (Å²) in [4.78, 5) is 0. The van der Waals surface area contributed by atoms with Crippen LogP contribution in [-0.4, -0.2) is 20.3 Å². The number of rotatable bonds is 8. The summed E-state index contributed by atoms with van der Waals surface area (Å²) in [6.07, 6.45) is 3.53. The molecule has 0 aliphatic heterocycles. The SMILES string of the molecule is CCOCCCCC(NC)c1ccccc1. The van der Waals surface area contributed by atoms with Gasteiger partial charge in [0.25, 0.3) is 0 Å². The van der Waals surface area contributed by atoms with Gasteiger partial charge in [0.2, 0.25) is 0 Å². The van der Waals surface area contributed by atoms with Gasteiger partial charge in [-0.1, -0.05) is 30.3 Å². The van der Waals surface area contributed by atoms with E-state index in [0.29, 0.717) is 6.04 Å². The van der Waals surface area contributed by atoms with Crippen molar-refractivity contribution in [2.45, 2.75) is 32.2 Å². The quantitative estimate of drug-likeness (QED) is 0.681. The lowest BCUT2D eigenvalue weighted by Gasteiger charge is -2.16. The van der Waals surface area contributed by atoms with Crippen LogP contribution in [0.4, 0.5) is 0 Å². The van der Waals surface area contributed by atoms with Crippen molar-refractivity contribution in [3.8, 4) is 0 Å². The Bertz CT molecular complexity index is 261. The highest BCUT2D eigenvalue weighted by molar-refractivity contribution is 5.18. The van der Waals surface area contributed by atoms with Gasteiger partial charge in [-0.25, -0.2) is 0 Å². The molecule has 2 heteroatoms. The zero-order valence-corrected chi connectivity index (χ0v) is 10.4. The van der Waals surface area contributed by atoms with Crippen molar-refractivity contribution >= 4 is 0 Å². The molecule has 0 radical (unpaired) electrons. The largest absolute Gasteiger partial charge is 0.382 e. The van der Waals surface area contributed by atoms with Crippen LogP contribution in [0.5, 0.6) is 0 Å². The van der Waals surface area contributed by atoms with E-state index in [4.69, 9.17) is 4.74 Å². The normalized spacial score (nSPS) is 12.6. The summed E-state index contributed by atoms with van der Waals surface area (Å²) in [5.41, 5.74) is 1.38. The fourth-order valence-electron chi connectivity index (χ4n) is 1.86. The predicted molar refractivity (Wildman–Crippen MR) is 68.6 cm³/mol. The molecular weight excluding hydrogens is 198 g/mol. The number of unbranched alkanes of at least 4 members (excludes halogenated alkanes) is 1. The van der Waals surface area contributed by atoms with E-state index in [0.717, 1.165) is 19.6 Å². The third kappa shape index (κ3) is 4.77. The molecule has 2 nitrogen and oxygen atoms in total. The van der Waals surface area contributed by atoms with E-state index in [1.54, 1.807) is 0 Å². The Hall–Kier alpha value is -0.860. The van der Waals surface area contributed by atoms with E-state index >= 15 is 0 Å². The summed E-state index contributed by atoms with van der Waals surface area (Å²) in [5, 5.41) is 3.37. The molecular formula is C14H23NO. The summed E-state index contributed by atoms with van der Waals surface area (Å²) in [6.45, 7) is 3.76. The van der Waals surface area contributed by atoms with E-state index in [-0.39, 0.29) is 0 Å². The van der Waals surface area contributed by atoms with Crippen LogP contribution in [0.25, 0.3) is 0 Å². The molecule has 0 aliphatic rings. The van der Waals surface area contributed by atoms with Crippen molar-refractivity contribution in [1.82, 2.24) is 5.32 Å². The molecule has 0 saturated carbocycles. The molecule has 0 heterocycles. The molecule has 0 saturated heterocycles. The Kier molecular flexibility index (Phi) is 6.86. The van der Waals surface area contributed by atoms with Crippen LogP contribution in [0.2, 0.25) is 0 Å². The Morgan fingerprint density at radius 3 is 2.56 bits per heavy atom. The number of nitrogens with one attached hydrogen (secondary N) is 1. The first-order chi connectivity index (χ1) is 7.88. The maximum atomic E-state index is 5.33. The van der Waals surface area contributed by atoms with E-state index in [1.165, 1.54) is 18.4 Å². The fourth-order valence-corrected chi connectivity index (χ4v) is 1.86. The molecule has 0 bridgehead atoms. The second-order valence-corrected chi connectivity index (χ2v) is 3.94. The minimum absolute atomic E-state index is 0.475. The molecule has 0 aliphatic carbocycles. The second kappa shape index (κ2) is 8.31. The Balaban J connectivity index is 2.27. The van der Waals surface area contributed by atoms with Gasteiger partial charge >= 0.3 is 0 Å². The van der Waals surface area contributed by atoms with Crippen LogP contribution in [0, 0.1) is 0 Å². The first kappa shape index (κ1) is 13.2. The average Bonchev–Trinajstić information content (AvgIpc) is 2.35. The minimum Gasteiger partial charge on any atom is -0.382 e. The predicted octanol–water partition coefficient (Wildman–Crippen LogP) is 3.15. The molecule has 1 rings (SSSR count). The molecule has 0 fully saturated rings. The van der Waals surface area contributed by atoms with Crippen LogP contribution in [0.1, 0.15) is 37.8 Å². The highest BCUT2D eigenvalue weighted by atomic mass is 16.5. The molecule has 1 N–H and O–H groups in total. The number of hydrogen-bond acceptors (Lipinski definition) is 2. The molecule has 1 aromatic rings. The molecule has 0 spiro atoms. The molecule has 1 atom stereocenters. The first-order valence-electron chi connectivity index (χ1n) is 6.18. The van der Waals surface area contributed by atoms with Crippen LogP contribution in [0.3, 0.4) is 0 Å². The van der Waals surface area contributed by atoms with Crippen molar-refractivity contribution < 1.29 is 4.74 Å². The van der Waals surface area contributed by atoms with E-state index in [2.05, 4.69) is 35.6 Å². The average molecular weight is 221 g/mol. The van der Waals surface area contributed by atoms with E-state index in [1.807, 2.05) is 14.0 Å². The van der Waals surface area contributed by atoms with Gasteiger partial charge in [0.15, 0.2) is 0 Å². The zero-order chi connectivity index (χ0) is 11.6. The topological polar surface area (TPSA) is 21.3 Å². The standard InChI is InChI=1S/C14H23NO/c1-3-16-12-8-7-11-14(15-2)13-9-5-4-6-10-13/h4-6,9-10,14-15H,3,7-8,11-12H2,1-2H3. The van der Waals surface area contributed by atoms with Gasteiger partial charge in [-0.3, -0.25) is 0 Å². The van der Waals surface area contributed by atoms with Crippen molar-refractivity contribution in [2.24, 2.45) is 0 Å². The number of benzene rings is 1.